The second-order valence-electron chi connectivity index (χ2n) is 4.47. The SMILES string of the molecule is CC(=O)Nc1ccccc1OS(=O)(=O)c1ccc([N+](=O)[O-])cc1. The van der Waals surface area contributed by atoms with E-state index in [0.717, 1.165) is 24.3 Å². The average molecular weight is 336 g/mol. The van der Waals surface area contributed by atoms with Crippen molar-refractivity contribution in [2.75, 3.05) is 5.32 Å². The zero-order valence-corrected chi connectivity index (χ0v) is 12.7. The van der Waals surface area contributed by atoms with Crippen molar-refractivity contribution >= 4 is 27.4 Å². The first-order valence-electron chi connectivity index (χ1n) is 6.35. The topological polar surface area (TPSA) is 116 Å². The number of para-hydroxylation sites is 2. The molecule has 0 aliphatic carbocycles. The molecule has 9 heteroatoms. The van der Waals surface area contributed by atoms with Crippen molar-refractivity contribution in [3.05, 3.63) is 58.6 Å². The summed E-state index contributed by atoms with van der Waals surface area (Å²) in [6.07, 6.45) is 0. The molecule has 1 amide bonds. The highest BCUT2D eigenvalue weighted by molar-refractivity contribution is 7.87. The van der Waals surface area contributed by atoms with Gasteiger partial charge >= 0.3 is 10.1 Å². The van der Waals surface area contributed by atoms with E-state index in [1.54, 1.807) is 12.1 Å². The highest BCUT2D eigenvalue weighted by atomic mass is 32.2. The number of rotatable bonds is 5. The number of hydrogen-bond acceptors (Lipinski definition) is 6. The van der Waals surface area contributed by atoms with E-state index in [1.807, 2.05) is 0 Å². The lowest BCUT2D eigenvalue weighted by molar-refractivity contribution is -0.384. The summed E-state index contributed by atoms with van der Waals surface area (Å²) in [4.78, 5) is 20.8. The minimum Gasteiger partial charge on any atom is -0.377 e. The Balaban J connectivity index is 2.31. The number of anilines is 1. The van der Waals surface area contributed by atoms with Crippen LogP contribution in [0.3, 0.4) is 0 Å². The molecule has 0 atom stereocenters. The predicted molar refractivity (Wildman–Crippen MR) is 81.7 cm³/mol. The van der Waals surface area contributed by atoms with Crippen molar-refractivity contribution in [2.45, 2.75) is 11.8 Å². The monoisotopic (exact) mass is 336 g/mol. The molecule has 0 unspecified atom stereocenters. The molecule has 2 aromatic rings. The van der Waals surface area contributed by atoms with Gasteiger partial charge in [-0.25, -0.2) is 0 Å². The number of benzene rings is 2. The zero-order chi connectivity index (χ0) is 17.0. The van der Waals surface area contributed by atoms with Crippen molar-refractivity contribution in [3.63, 3.8) is 0 Å². The quantitative estimate of drug-likeness (QED) is 0.509. The molecular formula is C14H12N2O6S. The van der Waals surface area contributed by atoms with Gasteiger partial charge < -0.3 is 9.50 Å². The van der Waals surface area contributed by atoms with Gasteiger partial charge in [0.15, 0.2) is 5.75 Å². The molecule has 0 saturated carbocycles. The van der Waals surface area contributed by atoms with Gasteiger partial charge in [0.05, 0.1) is 10.6 Å². The third-order valence-electron chi connectivity index (χ3n) is 2.73. The van der Waals surface area contributed by atoms with Gasteiger partial charge in [0.2, 0.25) is 5.91 Å². The molecule has 0 aromatic heterocycles. The molecule has 0 bridgehead atoms. The van der Waals surface area contributed by atoms with Crippen LogP contribution in [0.1, 0.15) is 6.92 Å². The first-order chi connectivity index (χ1) is 10.8. The van der Waals surface area contributed by atoms with Crippen molar-refractivity contribution in [3.8, 4) is 5.75 Å². The number of carbonyl (C=O) groups excluding carboxylic acids is 1. The van der Waals surface area contributed by atoms with Crippen LogP contribution < -0.4 is 9.50 Å². The molecule has 120 valence electrons. The summed E-state index contributed by atoms with van der Waals surface area (Å²) in [5.74, 6) is -0.435. The average Bonchev–Trinajstić information content (AvgIpc) is 2.48. The smallest absolute Gasteiger partial charge is 0.339 e. The number of carbonyl (C=O) groups is 1. The maximum atomic E-state index is 12.2. The number of amides is 1. The minimum atomic E-state index is -4.19. The zero-order valence-electron chi connectivity index (χ0n) is 11.9. The van der Waals surface area contributed by atoms with E-state index in [1.165, 1.54) is 19.1 Å². The Hall–Kier alpha value is -2.94. The number of non-ortho nitro benzene ring substituents is 1. The van der Waals surface area contributed by atoms with Gasteiger partial charge in [0, 0.05) is 19.1 Å². The fourth-order valence-electron chi connectivity index (χ4n) is 1.73. The van der Waals surface area contributed by atoms with E-state index in [4.69, 9.17) is 4.18 Å². The summed E-state index contributed by atoms with van der Waals surface area (Å²) in [6, 6.07) is 10.3. The summed E-state index contributed by atoms with van der Waals surface area (Å²) in [5, 5.41) is 13.0. The summed E-state index contributed by atoms with van der Waals surface area (Å²) in [5.41, 5.74) is -0.0342. The molecule has 23 heavy (non-hydrogen) atoms. The van der Waals surface area contributed by atoms with Crippen LogP contribution in [0.5, 0.6) is 5.75 Å². The van der Waals surface area contributed by atoms with E-state index in [2.05, 4.69) is 5.32 Å². The molecule has 2 aromatic carbocycles. The Morgan fingerprint density at radius 2 is 1.74 bits per heavy atom. The van der Waals surface area contributed by atoms with Gasteiger partial charge in [-0.05, 0) is 24.3 Å². The fourth-order valence-corrected chi connectivity index (χ4v) is 2.68. The summed E-state index contributed by atoms with van der Waals surface area (Å²) >= 11 is 0. The third-order valence-corrected chi connectivity index (χ3v) is 3.98. The van der Waals surface area contributed by atoms with Gasteiger partial charge in [-0.15, -0.1) is 0 Å². The maximum Gasteiger partial charge on any atom is 0.339 e. The van der Waals surface area contributed by atoms with Gasteiger partial charge in [-0.2, -0.15) is 8.42 Å². The standard InChI is InChI=1S/C14H12N2O6S/c1-10(17)15-13-4-2-3-5-14(13)22-23(20,21)12-8-6-11(7-9-12)16(18)19/h2-9H,1H3,(H,15,17). The second kappa shape index (κ2) is 6.44. The van der Waals surface area contributed by atoms with Crippen molar-refractivity contribution in [2.24, 2.45) is 0 Å². The van der Waals surface area contributed by atoms with E-state index in [0.29, 0.717) is 0 Å². The first kappa shape index (κ1) is 16.4. The lowest BCUT2D eigenvalue weighted by atomic mass is 10.3. The molecule has 0 saturated heterocycles. The highest BCUT2D eigenvalue weighted by Gasteiger charge is 2.20. The number of nitro benzene ring substituents is 1. The Morgan fingerprint density at radius 1 is 1.13 bits per heavy atom. The van der Waals surface area contributed by atoms with Crippen molar-refractivity contribution < 1.29 is 22.3 Å². The molecule has 0 aliphatic rings. The predicted octanol–water partition coefficient (Wildman–Crippen LogP) is 2.32. The largest absolute Gasteiger partial charge is 0.377 e. The molecule has 0 radical (unpaired) electrons. The van der Waals surface area contributed by atoms with Gasteiger partial charge in [-0.1, -0.05) is 12.1 Å². The van der Waals surface area contributed by atoms with Gasteiger partial charge in [0.1, 0.15) is 4.90 Å². The van der Waals surface area contributed by atoms with Crippen LogP contribution >= 0.6 is 0 Å². The van der Waals surface area contributed by atoms with Crippen LogP contribution in [0.15, 0.2) is 53.4 Å². The Labute approximate surface area is 132 Å². The summed E-state index contributed by atoms with van der Waals surface area (Å²) < 4.78 is 29.4. The molecule has 0 heterocycles. The number of nitrogens with one attached hydrogen (secondary N) is 1. The number of nitro groups is 1. The Morgan fingerprint density at radius 3 is 2.30 bits per heavy atom. The highest BCUT2D eigenvalue weighted by Crippen LogP contribution is 2.27. The van der Waals surface area contributed by atoms with Crippen molar-refractivity contribution in [1.29, 1.82) is 0 Å². The van der Waals surface area contributed by atoms with Crippen LogP contribution in [0.25, 0.3) is 0 Å². The normalized spacial score (nSPS) is 10.8. The first-order valence-corrected chi connectivity index (χ1v) is 7.76. The molecule has 1 N–H and O–H groups in total. The van der Waals surface area contributed by atoms with Gasteiger partial charge in [0.25, 0.3) is 5.69 Å². The molecule has 0 spiro atoms. The lowest BCUT2D eigenvalue weighted by Gasteiger charge is -2.11. The Bertz CT molecular complexity index is 846. The van der Waals surface area contributed by atoms with Crippen LogP contribution in [-0.2, 0) is 14.9 Å². The van der Waals surface area contributed by atoms with Crippen molar-refractivity contribution in [1.82, 2.24) is 0 Å². The molecule has 2 rings (SSSR count). The number of hydrogen-bond donors (Lipinski definition) is 1. The van der Waals surface area contributed by atoms with E-state index in [9.17, 15) is 23.3 Å². The molecule has 8 nitrogen and oxygen atoms in total. The second-order valence-corrected chi connectivity index (χ2v) is 6.01. The number of nitrogens with zero attached hydrogens (tertiary/aromatic N) is 1. The van der Waals surface area contributed by atoms with Gasteiger partial charge in [-0.3, -0.25) is 14.9 Å². The van der Waals surface area contributed by atoms with E-state index in [-0.39, 0.29) is 27.9 Å². The lowest BCUT2D eigenvalue weighted by Crippen LogP contribution is -2.13. The summed E-state index contributed by atoms with van der Waals surface area (Å²) in [7, 11) is -4.19. The molecular weight excluding hydrogens is 324 g/mol. The third kappa shape index (κ3) is 4.04. The summed E-state index contributed by atoms with van der Waals surface area (Å²) in [6.45, 7) is 1.28. The van der Waals surface area contributed by atoms with E-state index >= 15 is 0 Å². The fraction of sp³-hybridized carbons (Fsp3) is 0.0714. The maximum absolute atomic E-state index is 12.2. The van der Waals surface area contributed by atoms with E-state index < -0.39 is 15.0 Å². The molecule has 0 fully saturated rings. The van der Waals surface area contributed by atoms with Crippen LogP contribution in [-0.4, -0.2) is 19.2 Å². The van der Waals surface area contributed by atoms with Crippen LogP contribution in [0, 0.1) is 10.1 Å². The van der Waals surface area contributed by atoms with Crippen LogP contribution in [0.2, 0.25) is 0 Å². The minimum absolute atomic E-state index is 0.0546. The molecule has 0 aliphatic heterocycles. The Kier molecular flexibility index (Phi) is 4.60. The van der Waals surface area contributed by atoms with Crippen LogP contribution in [0.4, 0.5) is 11.4 Å².